The van der Waals surface area contributed by atoms with Gasteiger partial charge in [0.15, 0.2) is 0 Å². The van der Waals surface area contributed by atoms with Gasteiger partial charge >= 0.3 is 0 Å². The van der Waals surface area contributed by atoms with Crippen LogP contribution >= 0.6 is 0 Å². The Morgan fingerprint density at radius 3 is 2.88 bits per heavy atom. The van der Waals surface area contributed by atoms with Crippen molar-refractivity contribution in [3.63, 3.8) is 0 Å². The van der Waals surface area contributed by atoms with Crippen molar-refractivity contribution < 1.29 is 4.74 Å². The number of ether oxygens (including phenoxy) is 1. The van der Waals surface area contributed by atoms with Crippen molar-refractivity contribution in [1.82, 2.24) is 9.55 Å². The molecule has 1 aromatic rings. The van der Waals surface area contributed by atoms with Gasteiger partial charge in [0.25, 0.3) is 0 Å². The highest BCUT2D eigenvalue weighted by Crippen LogP contribution is 2.18. The molecule has 1 rings (SSSR count). The zero-order chi connectivity index (χ0) is 12.0. The number of aromatic nitrogens is 2. The van der Waals surface area contributed by atoms with Gasteiger partial charge in [0.05, 0.1) is 12.0 Å². The number of methoxy groups -OCH3 is 1. The lowest BCUT2D eigenvalue weighted by Crippen LogP contribution is -2.17. The summed E-state index contributed by atoms with van der Waals surface area (Å²) >= 11 is 0. The third-order valence-corrected chi connectivity index (χ3v) is 2.60. The zero-order valence-electron chi connectivity index (χ0n) is 10.5. The van der Waals surface area contributed by atoms with E-state index < -0.39 is 0 Å². The van der Waals surface area contributed by atoms with Crippen LogP contribution in [0.3, 0.4) is 0 Å². The Hall–Kier alpha value is -0.870. The Morgan fingerprint density at radius 2 is 2.25 bits per heavy atom. The molecule has 0 bridgehead atoms. The van der Waals surface area contributed by atoms with Crippen molar-refractivity contribution >= 4 is 0 Å². The van der Waals surface area contributed by atoms with Crippen LogP contribution in [0.15, 0.2) is 12.5 Å². The van der Waals surface area contributed by atoms with E-state index in [4.69, 9.17) is 10.5 Å². The van der Waals surface area contributed by atoms with E-state index >= 15 is 0 Å². The molecule has 0 saturated heterocycles. The number of hydrogen-bond acceptors (Lipinski definition) is 3. The number of rotatable bonds is 7. The molecule has 1 unspecified atom stereocenters. The molecule has 0 amide bonds. The molecule has 4 heteroatoms. The first-order chi connectivity index (χ1) is 7.65. The first-order valence-corrected chi connectivity index (χ1v) is 5.89. The SMILES string of the molecule is COCCCn1cncc1C(N)CC(C)C. The summed E-state index contributed by atoms with van der Waals surface area (Å²) in [6.07, 6.45) is 5.72. The van der Waals surface area contributed by atoms with E-state index in [9.17, 15) is 0 Å². The van der Waals surface area contributed by atoms with Gasteiger partial charge in [-0.2, -0.15) is 0 Å². The van der Waals surface area contributed by atoms with Crippen LogP contribution in [0.25, 0.3) is 0 Å². The molecule has 1 aromatic heterocycles. The summed E-state index contributed by atoms with van der Waals surface area (Å²) in [5.74, 6) is 0.609. The molecular formula is C12H23N3O. The summed E-state index contributed by atoms with van der Waals surface area (Å²) in [5, 5.41) is 0. The largest absolute Gasteiger partial charge is 0.385 e. The second-order valence-corrected chi connectivity index (χ2v) is 4.59. The molecule has 16 heavy (non-hydrogen) atoms. The van der Waals surface area contributed by atoms with Crippen molar-refractivity contribution in [2.45, 2.75) is 39.3 Å². The summed E-state index contributed by atoms with van der Waals surface area (Å²) in [7, 11) is 1.72. The zero-order valence-corrected chi connectivity index (χ0v) is 10.5. The summed E-state index contributed by atoms with van der Waals surface area (Å²) in [6, 6.07) is 0.0880. The topological polar surface area (TPSA) is 53.1 Å². The first-order valence-electron chi connectivity index (χ1n) is 5.89. The van der Waals surface area contributed by atoms with Crippen LogP contribution in [0.2, 0.25) is 0 Å². The van der Waals surface area contributed by atoms with E-state index in [1.165, 1.54) is 0 Å². The van der Waals surface area contributed by atoms with E-state index in [2.05, 4.69) is 23.4 Å². The van der Waals surface area contributed by atoms with E-state index in [0.29, 0.717) is 5.92 Å². The van der Waals surface area contributed by atoms with Crippen molar-refractivity contribution in [3.05, 3.63) is 18.2 Å². The lowest BCUT2D eigenvalue weighted by atomic mass is 10.0. The molecule has 0 aliphatic carbocycles. The second kappa shape index (κ2) is 6.66. The fraction of sp³-hybridized carbons (Fsp3) is 0.750. The maximum absolute atomic E-state index is 6.15. The van der Waals surface area contributed by atoms with Gasteiger partial charge < -0.3 is 15.0 Å². The van der Waals surface area contributed by atoms with Gasteiger partial charge in [0.1, 0.15) is 0 Å². The molecule has 2 N–H and O–H groups in total. The lowest BCUT2D eigenvalue weighted by molar-refractivity contribution is 0.190. The minimum Gasteiger partial charge on any atom is -0.385 e. The molecule has 1 heterocycles. The average Bonchev–Trinajstić information content (AvgIpc) is 2.65. The Kier molecular flexibility index (Phi) is 5.49. The molecule has 4 nitrogen and oxygen atoms in total. The molecule has 0 aliphatic heterocycles. The number of hydrogen-bond donors (Lipinski definition) is 1. The number of nitrogens with two attached hydrogens (primary N) is 1. The van der Waals surface area contributed by atoms with Crippen molar-refractivity contribution in [2.24, 2.45) is 11.7 Å². The Balaban J connectivity index is 2.55. The molecule has 0 spiro atoms. The van der Waals surface area contributed by atoms with E-state index in [0.717, 1.165) is 31.7 Å². The predicted octanol–water partition coefficient (Wildman–Crippen LogP) is 1.97. The predicted molar refractivity (Wildman–Crippen MR) is 65.1 cm³/mol. The second-order valence-electron chi connectivity index (χ2n) is 4.59. The molecule has 0 aliphatic rings. The highest BCUT2D eigenvalue weighted by molar-refractivity contribution is 5.04. The van der Waals surface area contributed by atoms with Gasteiger partial charge in [-0.25, -0.2) is 4.98 Å². The number of imidazole rings is 1. The Bertz CT molecular complexity index is 296. The minimum absolute atomic E-state index is 0.0880. The molecule has 0 radical (unpaired) electrons. The monoisotopic (exact) mass is 225 g/mol. The maximum atomic E-state index is 6.15. The summed E-state index contributed by atoms with van der Waals surface area (Å²) in [4.78, 5) is 4.17. The van der Waals surface area contributed by atoms with Gasteiger partial charge in [-0.05, 0) is 18.8 Å². The molecule has 1 atom stereocenters. The van der Waals surface area contributed by atoms with Crippen LogP contribution in [-0.2, 0) is 11.3 Å². The van der Waals surface area contributed by atoms with Crippen molar-refractivity contribution in [3.8, 4) is 0 Å². The highest BCUT2D eigenvalue weighted by Gasteiger charge is 2.12. The van der Waals surface area contributed by atoms with Gasteiger partial charge in [-0.15, -0.1) is 0 Å². The third-order valence-electron chi connectivity index (χ3n) is 2.60. The first kappa shape index (κ1) is 13.2. The molecular weight excluding hydrogens is 202 g/mol. The van der Waals surface area contributed by atoms with Crippen molar-refractivity contribution in [1.29, 1.82) is 0 Å². The fourth-order valence-corrected chi connectivity index (χ4v) is 1.83. The summed E-state index contributed by atoms with van der Waals surface area (Å²) in [6.45, 7) is 6.07. The Morgan fingerprint density at radius 1 is 1.50 bits per heavy atom. The van der Waals surface area contributed by atoms with Gasteiger partial charge in [0, 0.05) is 32.5 Å². The van der Waals surface area contributed by atoms with Gasteiger partial charge in [0.2, 0.25) is 0 Å². The normalized spacial score (nSPS) is 13.3. The lowest BCUT2D eigenvalue weighted by Gasteiger charge is -2.16. The summed E-state index contributed by atoms with van der Waals surface area (Å²) in [5.41, 5.74) is 7.28. The fourth-order valence-electron chi connectivity index (χ4n) is 1.83. The standard InChI is InChI=1S/C12H23N3O/c1-10(2)7-11(13)12-8-14-9-15(12)5-4-6-16-3/h8-11H,4-7,13H2,1-3H3. The third kappa shape index (κ3) is 3.94. The highest BCUT2D eigenvalue weighted by atomic mass is 16.5. The van der Waals surface area contributed by atoms with Crippen LogP contribution in [0.1, 0.15) is 38.4 Å². The Labute approximate surface area is 97.8 Å². The molecule has 0 fully saturated rings. The van der Waals surface area contributed by atoms with Crippen LogP contribution < -0.4 is 5.73 Å². The van der Waals surface area contributed by atoms with E-state index in [1.54, 1.807) is 7.11 Å². The average molecular weight is 225 g/mol. The minimum atomic E-state index is 0.0880. The van der Waals surface area contributed by atoms with Crippen LogP contribution in [0, 0.1) is 5.92 Å². The van der Waals surface area contributed by atoms with Gasteiger partial charge in [-0.1, -0.05) is 13.8 Å². The van der Waals surface area contributed by atoms with Crippen molar-refractivity contribution in [2.75, 3.05) is 13.7 Å². The van der Waals surface area contributed by atoms with Crippen LogP contribution in [0.4, 0.5) is 0 Å². The van der Waals surface area contributed by atoms with E-state index in [1.807, 2.05) is 12.5 Å². The maximum Gasteiger partial charge on any atom is 0.0948 e. The van der Waals surface area contributed by atoms with Crippen LogP contribution in [0.5, 0.6) is 0 Å². The van der Waals surface area contributed by atoms with Gasteiger partial charge in [-0.3, -0.25) is 0 Å². The smallest absolute Gasteiger partial charge is 0.0948 e. The molecule has 0 aromatic carbocycles. The van der Waals surface area contributed by atoms with Crippen LogP contribution in [-0.4, -0.2) is 23.3 Å². The number of nitrogens with zero attached hydrogens (tertiary/aromatic N) is 2. The quantitative estimate of drug-likeness (QED) is 0.722. The summed E-state index contributed by atoms with van der Waals surface area (Å²) < 4.78 is 7.17. The molecule has 92 valence electrons. The van der Waals surface area contributed by atoms with E-state index in [-0.39, 0.29) is 6.04 Å². The number of aryl methyl sites for hydroxylation is 1. The molecule has 0 saturated carbocycles.